The summed E-state index contributed by atoms with van der Waals surface area (Å²) in [6.45, 7) is 5.29. The third-order valence-electron chi connectivity index (χ3n) is 11.6. The quantitative estimate of drug-likeness (QED) is 0.0360. The van der Waals surface area contributed by atoms with E-state index in [0.29, 0.717) is 30.4 Å². The molecule has 2 aromatic rings. The Kier molecular flexibility index (Phi) is 27.0. The van der Waals surface area contributed by atoms with E-state index >= 15 is 0 Å². The highest BCUT2D eigenvalue weighted by Crippen LogP contribution is 2.15. The minimum atomic E-state index is -1.84. The highest BCUT2D eigenvalue weighted by Gasteiger charge is 2.35. The summed E-state index contributed by atoms with van der Waals surface area (Å²) in [6.07, 6.45) is -0.712. The van der Waals surface area contributed by atoms with Crippen LogP contribution in [-0.2, 0) is 60.8 Å². The number of phenolic OH excluding ortho intramolecular Hbond substituents is 1. The molecule has 0 saturated carbocycles. The number of aromatic hydroxyl groups is 1. The number of aliphatic carboxylic acids is 3. The van der Waals surface area contributed by atoms with Crippen molar-refractivity contribution in [3.8, 4) is 5.75 Å². The average Bonchev–Trinajstić information content (AvgIpc) is 3.33. The number of carbonyl (C=O) groups is 10. The number of carboxylic acid groups (broad SMARTS) is 3. The molecule has 17 N–H and O–H groups in total. The summed E-state index contributed by atoms with van der Waals surface area (Å²) in [4.78, 5) is 132. The highest BCUT2D eigenvalue weighted by molar-refractivity contribution is 5.98. The molecule has 0 aromatic heterocycles. The van der Waals surface area contributed by atoms with Crippen LogP contribution in [0.25, 0.3) is 0 Å². The molecule has 0 fully saturated rings. The van der Waals surface area contributed by atoms with Crippen LogP contribution >= 0.6 is 0 Å². The summed E-state index contributed by atoms with van der Waals surface area (Å²) >= 11 is 0. The second-order valence-corrected chi connectivity index (χ2v) is 17.5. The van der Waals surface area contributed by atoms with E-state index in [-0.39, 0.29) is 57.4 Å². The normalized spacial score (nSPS) is 14.8. The molecule has 0 unspecified atom stereocenters. The molecule has 24 nitrogen and oxygen atoms in total. The van der Waals surface area contributed by atoms with E-state index in [2.05, 4.69) is 37.2 Å². The van der Waals surface area contributed by atoms with Crippen molar-refractivity contribution in [2.75, 3.05) is 13.1 Å². The number of nitrogens with two attached hydrogens (primary N) is 3. The first-order chi connectivity index (χ1) is 34.1. The maximum Gasteiger partial charge on any atom is 0.326 e. The minimum Gasteiger partial charge on any atom is -0.508 e. The Morgan fingerprint density at radius 3 is 1.33 bits per heavy atom. The number of hydrogen-bond donors (Lipinski definition) is 14. The van der Waals surface area contributed by atoms with E-state index in [4.69, 9.17) is 17.2 Å². The van der Waals surface area contributed by atoms with Crippen molar-refractivity contribution in [1.82, 2.24) is 37.2 Å². The van der Waals surface area contributed by atoms with Gasteiger partial charge >= 0.3 is 17.9 Å². The first-order valence-corrected chi connectivity index (χ1v) is 23.9. The number of amides is 7. The zero-order valence-corrected chi connectivity index (χ0v) is 40.9. The smallest absolute Gasteiger partial charge is 0.326 e. The van der Waals surface area contributed by atoms with E-state index in [0.717, 1.165) is 0 Å². The third kappa shape index (κ3) is 22.3. The van der Waals surface area contributed by atoms with Gasteiger partial charge in [0.1, 0.15) is 48.0 Å². The molecule has 7 amide bonds. The molecule has 0 radical (unpaired) electrons. The number of unbranched alkanes of at least 4 members (excludes halogenated alkanes) is 2. The van der Waals surface area contributed by atoms with Crippen LogP contribution in [0.3, 0.4) is 0 Å². The second kappa shape index (κ2) is 31.9. The van der Waals surface area contributed by atoms with Crippen LogP contribution < -0.4 is 54.4 Å². The molecule has 0 heterocycles. The molecule has 0 spiro atoms. The van der Waals surface area contributed by atoms with Gasteiger partial charge in [-0.25, -0.2) is 4.79 Å². The average molecular weight is 1010 g/mol. The summed E-state index contributed by atoms with van der Waals surface area (Å²) in [6, 6.07) is 2.72. The lowest BCUT2D eigenvalue weighted by molar-refractivity contribution is -0.147. The topological polar surface area (TPSA) is 414 Å². The molecule has 24 heteroatoms. The van der Waals surface area contributed by atoms with Crippen LogP contribution in [0.4, 0.5) is 0 Å². The molecule has 0 saturated heterocycles. The predicted molar refractivity (Wildman–Crippen MR) is 261 cm³/mol. The van der Waals surface area contributed by atoms with E-state index in [1.807, 2.05) is 0 Å². The number of phenols is 1. The SMILES string of the molecule is CC[C@H](C)[C@H](NC(=O)[C@H](C)N)C(=O)N[C@@H](CCC(=O)O)C(=O)N[C@@H](CCCCN)C(=O)N[C@@H](Cc1ccc(O)cc1)C(=O)N[C@@H](Cc1ccccc1)C(=O)N[C@@H](CCCCN)C(=O)N[C@@H](CC(=O)O)C(=O)O. The monoisotopic (exact) mass is 1010 g/mol. The fraction of sp³-hybridized carbons (Fsp3) is 0.542. The Labute approximate surface area is 417 Å². The molecule has 0 aliphatic rings. The lowest BCUT2D eigenvalue weighted by atomic mass is 9.97. The van der Waals surface area contributed by atoms with Gasteiger partial charge in [-0.1, -0.05) is 62.7 Å². The van der Waals surface area contributed by atoms with E-state index in [1.54, 1.807) is 44.2 Å². The number of carbonyl (C=O) groups excluding carboxylic acids is 7. The van der Waals surface area contributed by atoms with Gasteiger partial charge in [0.15, 0.2) is 0 Å². The van der Waals surface area contributed by atoms with Gasteiger partial charge in [-0.3, -0.25) is 43.2 Å². The van der Waals surface area contributed by atoms with Crippen LogP contribution in [0.5, 0.6) is 5.75 Å². The summed E-state index contributed by atoms with van der Waals surface area (Å²) in [5, 5.41) is 56.1. The Balaban J connectivity index is 2.59. The van der Waals surface area contributed by atoms with Crippen LogP contribution in [0.2, 0.25) is 0 Å². The third-order valence-corrected chi connectivity index (χ3v) is 11.6. The van der Waals surface area contributed by atoms with Gasteiger partial charge in [-0.05, 0) is 94.1 Å². The molecule has 398 valence electrons. The van der Waals surface area contributed by atoms with Crippen molar-refractivity contribution in [3.63, 3.8) is 0 Å². The molecule has 9 atom stereocenters. The number of carboxylic acids is 3. The molecule has 0 aliphatic carbocycles. The summed E-state index contributed by atoms with van der Waals surface area (Å²) in [5.74, 6) is -11.1. The molecule has 72 heavy (non-hydrogen) atoms. The fourth-order valence-electron chi connectivity index (χ4n) is 7.18. The second-order valence-electron chi connectivity index (χ2n) is 17.5. The molecule has 2 rings (SSSR count). The van der Waals surface area contributed by atoms with Gasteiger partial charge in [0.2, 0.25) is 41.4 Å². The first-order valence-electron chi connectivity index (χ1n) is 23.9. The number of nitrogens with one attached hydrogen (secondary N) is 7. The highest BCUT2D eigenvalue weighted by atomic mass is 16.4. The van der Waals surface area contributed by atoms with Crippen LogP contribution in [0.1, 0.15) is 96.1 Å². The standard InChI is InChI=1S/C48H72N10O14/c1-4-27(2)40(58-41(64)28(3)51)47(70)54-34(20-21-38(60)61)44(67)52-32(14-8-10-22-49)42(65)55-36(25-30-16-18-31(59)19-17-30)46(69)56-35(24-29-12-6-5-7-13-29)45(68)53-33(15-9-11-23-50)43(66)57-37(48(71)72)26-39(62)63/h5-7,12-13,16-19,27-28,32-37,40,59H,4,8-11,14-15,20-26,49-51H2,1-3H3,(H,52,67)(H,53,68)(H,54,70)(H,55,65)(H,56,69)(H,57,66)(H,58,64)(H,60,61)(H,62,63)(H,71,72)/t27-,28-,32-,33-,34-,35-,36-,37-,40-/m0/s1. The van der Waals surface area contributed by atoms with Crippen molar-refractivity contribution in [3.05, 3.63) is 65.7 Å². The fourth-order valence-corrected chi connectivity index (χ4v) is 7.18. The zero-order chi connectivity index (χ0) is 53.9. The van der Waals surface area contributed by atoms with Crippen molar-refractivity contribution >= 4 is 59.3 Å². The molecular weight excluding hydrogens is 941 g/mol. The molecule has 0 aliphatic heterocycles. The maximum absolute atomic E-state index is 14.5. The van der Waals surface area contributed by atoms with E-state index in [9.17, 15) is 68.4 Å². The lowest BCUT2D eigenvalue weighted by Crippen LogP contribution is -2.61. The van der Waals surface area contributed by atoms with Gasteiger partial charge in [0, 0.05) is 19.3 Å². The lowest BCUT2D eigenvalue weighted by Gasteiger charge is -2.29. The van der Waals surface area contributed by atoms with Gasteiger partial charge < -0.3 is 74.8 Å². The van der Waals surface area contributed by atoms with Crippen LogP contribution in [-0.4, -0.2) is 141 Å². The molecule has 0 bridgehead atoms. The van der Waals surface area contributed by atoms with Crippen molar-refractivity contribution in [2.24, 2.45) is 23.1 Å². The zero-order valence-electron chi connectivity index (χ0n) is 40.9. The number of benzene rings is 2. The summed E-state index contributed by atoms with van der Waals surface area (Å²) in [7, 11) is 0. The van der Waals surface area contributed by atoms with Crippen molar-refractivity contribution in [2.45, 2.75) is 146 Å². The Morgan fingerprint density at radius 1 is 0.500 bits per heavy atom. The Hall–Kier alpha value is -7.18. The van der Waals surface area contributed by atoms with Gasteiger partial charge in [-0.2, -0.15) is 0 Å². The summed E-state index contributed by atoms with van der Waals surface area (Å²) in [5.41, 5.74) is 18.1. The van der Waals surface area contributed by atoms with Crippen LogP contribution in [0, 0.1) is 5.92 Å². The molecule has 2 aromatic carbocycles. The van der Waals surface area contributed by atoms with E-state index in [1.165, 1.54) is 31.2 Å². The summed E-state index contributed by atoms with van der Waals surface area (Å²) < 4.78 is 0. The van der Waals surface area contributed by atoms with Crippen molar-refractivity contribution < 1.29 is 68.4 Å². The number of rotatable bonds is 34. The van der Waals surface area contributed by atoms with Gasteiger partial charge in [-0.15, -0.1) is 0 Å². The minimum absolute atomic E-state index is 0.0519. The van der Waals surface area contributed by atoms with Gasteiger partial charge in [0.05, 0.1) is 12.5 Å². The van der Waals surface area contributed by atoms with Crippen molar-refractivity contribution in [1.29, 1.82) is 0 Å². The Bertz CT molecular complexity index is 2130. The Morgan fingerprint density at radius 2 is 0.917 bits per heavy atom. The number of hydrogen-bond acceptors (Lipinski definition) is 14. The van der Waals surface area contributed by atoms with Gasteiger partial charge in [0.25, 0.3) is 0 Å². The van der Waals surface area contributed by atoms with Crippen LogP contribution in [0.15, 0.2) is 54.6 Å². The predicted octanol–water partition coefficient (Wildman–Crippen LogP) is -1.35. The largest absolute Gasteiger partial charge is 0.508 e. The first kappa shape index (κ1) is 60.9. The maximum atomic E-state index is 14.5. The van der Waals surface area contributed by atoms with E-state index < -0.39 is 133 Å². The molecular formula is C48H72N10O14.